The highest BCUT2D eigenvalue weighted by Gasteiger charge is 2.23. The van der Waals surface area contributed by atoms with Gasteiger partial charge in [-0.3, -0.25) is 0 Å². The molecular formula is C25H29F3. The molecule has 28 heavy (non-hydrogen) atoms. The number of hydrogen-bond acceptors (Lipinski definition) is 0. The van der Waals surface area contributed by atoms with Crippen molar-refractivity contribution in [1.29, 1.82) is 0 Å². The zero-order valence-corrected chi connectivity index (χ0v) is 16.8. The molecule has 3 rings (SSSR count). The monoisotopic (exact) mass is 386 g/mol. The highest BCUT2D eigenvalue weighted by molar-refractivity contribution is 5.51. The van der Waals surface area contributed by atoms with Gasteiger partial charge in [0.2, 0.25) is 0 Å². The average Bonchev–Trinajstić information content (AvgIpc) is 2.70. The van der Waals surface area contributed by atoms with E-state index >= 15 is 0 Å². The number of rotatable bonds is 6. The molecule has 1 saturated carbocycles. The minimum absolute atomic E-state index is 0.0847. The molecule has 0 radical (unpaired) electrons. The fraction of sp³-hybridized carbons (Fsp3) is 0.440. The summed E-state index contributed by atoms with van der Waals surface area (Å²) in [5.74, 6) is -1.02. The van der Waals surface area contributed by atoms with Crippen molar-refractivity contribution in [3.8, 4) is 0 Å². The second-order valence-corrected chi connectivity index (χ2v) is 7.87. The summed E-state index contributed by atoms with van der Waals surface area (Å²) < 4.78 is 42.6. The van der Waals surface area contributed by atoms with E-state index in [1.165, 1.54) is 0 Å². The van der Waals surface area contributed by atoms with Crippen molar-refractivity contribution in [2.24, 2.45) is 5.92 Å². The van der Waals surface area contributed by atoms with Gasteiger partial charge in [0, 0.05) is 5.56 Å². The lowest BCUT2D eigenvalue weighted by Gasteiger charge is -2.27. The Kier molecular flexibility index (Phi) is 6.98. The fourth-order valence-corrected chi connectivity index (χ4v) is 4.21. The van der Waals surface area contributed by atoms with Crippen LogP contribution >= 0.6 is 0 Å². The molecule has 0 atom stereocenters. The van der Waals surface area contributed by atoms with Gasteiger partial charge in [-0.2, -0.15) is 0 Å². The summed E-state index contributed by atoms with van der Waals surface area (Å²) >= 11 is 0. The van der Waals surface area contributed by atoms with Crippen molar-refractivity contribution in [1.82, 2.24) is 0 Å². The van der Waals surface area contributed by atoms with Crippen LogP contribution in [-0.2, 0) is 12.8 Å². The first-order valence-corrected chi connectivity index (χ1v) is 10.5. The molecule has 1 fully saturated rings. The van der Waals surface area contributed by atoms with E-state index < -0.39 is 11.6 Å². The number of hydrogen-bond donors (Lipinski definition) is 0. The van der Waals surface area contributed by atoms with Crippen LogP contribution in [0.5, 0.6) is 0 Å². The minimum Gasteiger partial charge on any atom is -0.207 e. The van der Waals surface area contributed by atoms with Gasteiger partial charge in [-0.15, -0.1) is 0 Å². The predicted octanol–water partition coefficient (Wildman–Crippen LogP) is 7.61. The van der Waals surface area contributed by atoms with Crippen molar-refractivity contribution in [2.45, 2.75) is 64.7 Å². The lowest BCUT2D eigenvalue weighted by atomic mass is 9.78. The van der Waals surface area contributed by atoms with Gasteiger partial charge >= 0.3 is 0 Å². The Morgan fingerprint density at radius 3 is 2.32 bits per heavy atom. The Hall–Kier alpha value is -2.03. The van der Waals surface area contributed by atoms with Gasteiger partial charge in [0.15, 0.2) is 11.6 Å². The van der Waals surface area contributed by atoms with Gasteiger partial charge in [0.1, 0.15) is 5.82 Å². The molecule has 0 N–H and O–H groups in total. The molecule has 0 heterocycles. The van der Waals surface area contributed by atoms with E-state index in [9.17, 15) is 13.2 Å². The molecular weight excluding hydrogens is 357 g/mol. The smallest absolute Gasteiger partial charge is 0.166 e. The Balaban J connectivity index is 1.61. The fourth-order valence-electron chi connectivity index (χ4n) is 4.21. The molecule has 0 aromatic heterocycles. The number of allylic oxidation sites excluding steroid dienone is 1. The summed E-state index contributed by atoms with van der Waals surface area (Å²) in [4.78, 5) is 0. The first-order valence-electron chi connectivity index (χ1n) is 10.5. The molecule has 0 amide bonds. The van der Waals surface area contributed by atoms with Crippen LogP contribution in [0.25, 0.3) is 6.08 Å². The van der Waals surface area contributed by atoms with E-state index in [1.807, 2.05) is 25.1 Å². The van der Waals surface area contributed by atoms with Crippen LogP contribution in [0.4, 0.5) is 13.2 Å². The third-order valence-corrected chi connectivity index (χ3v) is 5.94. The van der Waals surface area contributed by atoms with Crippen molar-refractivity contribution in [3.63, 3.8) is 0 Å². The van der Waals surface area contributed by atoms with Gasteiger partial charge in [-0.1, -0.05) is 56.7 Å². The summed E-state index contributed by atoms with van der Waals surface area (Å²) in [6.07, 6.45) is 9.81. The van der Waals surface area contributed by atoms with Gasteiger partial charge in [-0.25, -0.2) is 13.2 Å². The van der Waals surface area contributed by atoms with Crippen molar-refractivity contribution < 1.29 is 13.2 Å². The van der Waals surface area contributed by atoms with Crippen LogP contribution in [0.15, 0.2) is 36.4 Å². The maximum absolute atomic E-state index is 14.5. The quantitative estimate of drug-likeness (QED) is 0.479. The van der Waals surface area contributed by atoms with Crippen LogP contribution in [0.3, 0.4) is 0 Å². The number of benzene rings is 2. The van der Waals surface area contributed by atoms with Crippen molar-refractivity contribution >= 4 is 6.08 Å². The Morgan fingerprint density at radius 2 is 1.68 bits per heavy atom. The third kappa shape index (κ3) is 4.68. The molecule has 0 unspecified atom stereocenters. The number of aryl methyl sites for hydroxylation is 2. The highest BCUT2D eigenvalue weighted by Crippen LogP contribution is 2.38. The molecule has 0 bridgehead atoms. The molecule has 1 aliphatic rings. The zero-order valence-electron chi connectivity index (χ0n) is 16.8. The van der Waals surface area contributed by atoms with Crippen LogP contribution in [0, 0.1) is 23.4 Å². The molecule has 1 aliphatic carbocycles. The highest BCUT2D eigenvalue weighted by atomic mass is 19.2. The summed E-state index contributed by atoms with van der Waals surface area (Å²) in [6.45, 7) is 3.91. The summed E-state index contributed by atoms with van der Waals surface area (Å²) in [5.41, 5.74) is 2.59. The predicted molar refractivity (Wildman–Crippen MR) is 110 cm³/mol. The van der Waals surface area contributed by atoms with E-state index in [4.69, 9.17) is 0 Å². The van der Waals surface area contributed by atoms with Crippen LogP contribution < -0.4 is 0 Å². The topological polar surface area (TPSA) is 0 Å². The van der Waals surface area contributed by atoms with Crippen molar-refractivity contribution in [2.75, 3.05) is 0 Å². The maximum atomic E-state index is 14.5. The van der Waals surface area contributed by atoms with Crippen LogP contribution in [0.2, 0.25) is 0 Å². The Morgan fingerprint density at radius 1 is 0.929 bits per heavy atom. The first-order chi connectivity index (χ1) is 13.5. The normalized spacial score (nSPS) is 20.0. The molecule has 0 spiro atoms. The standard InChI is InChI=1S/C25H29F3/c1-3-5-18-9-15-22(23(26)16-18)20-10-6-17(7-11-20)8-12-21-14-13-19(4-2)24(27)25(21)28/h8-9,12-17,20H,3-7,10-11H2,1-2H3. The van der Waals surface area contributed by atoms with Gasteiger partial charge in [0.05, 0.1) is 0 Å². The van der Waals surface area contributed by atoms with Crippen LogP contribution in [0.1, 0.15) is 74.1 Å². The van der Waals surface area contributed by atoms with Crippen molar-refractivity contribution in [3.05, 3.63) is 76.1 Å². The molecule has 2 aromatic rings. The lowest BCUT2D eigenvalue weighted by molar-refractivity contribution is 0.369. The van der Waals surface area contributed by atoms with E-state index in [-0.39, 0.29) is 11.7 Å². The molecule has 0 saturated heterocycles. The zero-order chi connectivity index (χ0) is 20.1. The van der Waals surface area contributed by atoms with Gasteiger partial charge in [-0.05, 0) is 73.1 Å². The summed E-state index contributed by atoms with van der Waals surface area (Å²) in [5, 5.41) is 0. The van der Waals surface area contributed by atoms with Gasteiger partial charge in [0.25, 0.3) is 0 Å². The second kappa shape index (κ2) is 9.45. The SMILES string of the molecule is CCCc1ccc(C2CCC(C=Cc3ccc(CC)c(F)c3F)CC2)c(F)c1. The maximum Gasteiger partial charge on any atom is 0.166 e. The largest absolute Gasteiger partial charge is 0.207 e. The summed E-state index contributed by atoms with van der Waals surface area (Å²) in [6, 6.07) is 8.98. The second-order valence-electron chi connectivity index (χ2n) is 7.87. The van der Waals surface area contributed by atoms with Gasteiger partial charge < -0.3 is 0 Å². The first kappa shape index (κ1) is 20.7. The summed E-state index contributed by atoms with van der Waals surface area (Å²) in [7, 11) is 0. The molecule has 3 heteroatoms. The minimum atomic E-state index is -0.765. The lowest BCUT2D eigenvalue weighted by Crippen LogP contribution is -2.13. The molecule has 0 nitrogen and oxygen atoms in total. The molecule has 150 valence electrons. The third-order valence-electron chi connectivity index (χ3n) is 5.94. The van der Waals surface area contributed by atoms with E-state index in [0.717, 1.165) is 49.7 Å². The Bertz CT molecular complexity index is 830. The van der Waals surface area contributed by atoms with E-state index in [0.29, 0.717) is 23.5 Å². The Labute approximate surface area is 166 Å². The van der Waals surface area contributed by atoms with Crippen LogP contribution in [-0.4, -0.2) is 0 Å². The molecule has 2 aromatic carbocycles. The van der Waals surface area contributed by atoms with E-state index in [2.05, 4.69) is 6.92 Å². The van der Waals surface area contributed by atoms with E-state index in [1.54, 1.807) is 24.3 Å². The molecule has 0 aliphatic heterocycles. The number of halogens is 3. The average molecular weight is 387 g/mol.